The molecule has 0 saturated carbocycles. The van der Waals surface area contributed by atoms with Crippen LogP contribution in [0.15, 0.2) is 82.6 Å². The predicted molar refractivity (Wildman–Crippen MR) is 187 cm³/mol. The summed E-state index contributed by atoms with van der Waals surface area (Å²) in [7, 11) is 0. The van der Waals surface area contributed by atoms with Gasteiger partial charge in [-0.2, -0.15) is 9.84 Å². The van der Waals surface area contributed by atoms with Crippen molar-refractivity contribution in [3.05, 3.63) is 99.3 Å². The maximum atomic E-state index is 14.1. The summed E-state index contributed by atoms with van der Waals surface area (Å²) in [6.07, 6.45) is 10.6. The number of nitrogens with one attached hydrogen (secondary N) is 1. The minimum atomic E-state index is -0.983. The number of anilines is 1. The number of aromatic carboxylic acids is 1. The van der Waals surface area contributed by atoms with Gasteiger partial charge < -0.3 is 10.0 Å². The average molecular weight is 630 g/mol. The van der Waals surface area contributed by atoms with E-state index in [-0.39, 0.29) is 22.3 Å². The minimum Gasteiger partial charge on any atom is -0.478 e. The Kier molecular flexibility index (Phi) is 9.39. The number of hydrogen-bond donors (Lipinski definition) is 2. The number of ketones is 1. The van der Waals surface area contributed by atoms with Crippen molar-refractivity contribution in [1.29, 1.82) is 10.7 Å². The van der Waals surface area contributed by atoms with Gasteiger partial charge in [0.25, 0.3) is 0 Å². The number of para-hydroxylation sites is 1. The van der Waals surface area contributed by atoms with Crippen molar-refractivity contribution in [2.24, 2.45) is 0 Å². The second-order valence-corrected chi connectivity index (χ2v) is 13.7. The van der Waals surface area contributed by atoms with E-state index in [1.54, 1.807) is 12.1 Å². The Hall–Kier alpha value is -4.79. The van der Waals surface area contributed by atoms with Crippen LogP contribution in [0.3, 0.4) is 0 Å². The van der Waals surface area contributed by atoms with Crippen molar-refractivity contribution in [1.82, 2.24) is 0 Å². The summed E-state index contributed by atoms with van der Waals surface area (Å²) < 4.78 is 2.21. The van der Waals surface area contributed by atoms with Gasteiger partial charge in [-0.05, 0) is 62.9 Å². The summed E-state index contributed by atoms with van der Waals surface area (Å²) in [5.41, 5.74) is 6.44. The molecule has 2 heterocycles. The van der Waals surface area contributed by atoms with E-state index in [2.05, 4.69) is 75.1 Å². The Morgan fingerprint density at radius 3 is 2.34 bits per heavy atom. The normalized spacial score (nSPS) is 19.1. The molecule has 2 aromatic rings. The van der Waals surface area contributed by atoms with Crippen LogP contribution in [0, 0.1) is 16.7 Å². The minimum absolute atomic E-state index is 0.0172. The smallest absolute Gasteiger partial charge is 0.335 e. The molecule has 0 spiro atoms. The Morgan fingerprint density at radius 2 is 1.68 bits per heavy atom. The molecule has 2 aliphatic heterocycles. The number of nitriles is 1. The lowest BCUT2D eigenvalue weighted by molar-refractivity contribution is -0.438. The fourth-order valence-corrected chi connectivity index (χ4v) is 7.42. The van der Waals surface area contributed by atoms with Crippen molar-refractivity contribution in [2.75, 3.05) is 18.0 Å². The number of rotatable bonds is 12. The molecule has 0 amide bonds. The van der Waals surface area contributed by atoms with Gasteiger partial charge in [0.05, 0.1) is 11.0 Å². The fraction of sp³-hybridized carbons (Fsp3) is 0.400. The highest BCUT2D eigenvalue weighted by atomic mass is 16.4. The van der Waals surface area contributed by atoms with Crippen molar-refractivity contribution in [3.63, 3.8) is 0 Å². The number of carboxylic acid groups (broad SMARTS) is 1. The van der Waals surface area contributed by atoms with E-state index in [1.807, 2.05) is 30.4 Å². The van der Waals surface area contributed by atoms with Crippen molar-refractivity contribution >= 4 is 34.7 Å². The highest BCUT2D eigenvalue weighted by molar-refractivity contribution is 6.27. The van der Waals surface area contributed by atoms with Crippen LogP contribution >= 0.6 is 0 Å². The van der Waals surface area contributed by atoms with Gasteiger partial charge in [0, 0.05) is 64.2 Å². The maximum Gasteiger partial charge on any atom is 0.335 e. The van der Waals surface area contributed by atoms with Gasteiger partial charge in [-0.3, -0.25) is 10.2 Å². The molecule has 242 valence electrons. The fourth-order valence-electron chi connectivity index (χ4n) is 7.42. The number of allylic oxidation sites excluding steroid dienone is 7. The van der Waals surface area contributed by atoms with E-state index in [0.29, 0.717) is 23.3 Å². The van der Waals surface area contributed by atoms with Crippen LogP contribution in [0.2, 0.25) is 0 Å². The second-order valence-electron chi connectivity index (χ2n) is 13.7. The monoisotopic (exact) mass is 629 g/mol. The molecule has 47 heavy (non-hydrogen) atoms. The first-order valence-electron chi connectivity index (χ1n) is 16.8. The highest BCUT2D eigenvalue weighted by Crippen LogP contribution is 2.49. The number of carboxylic acids is 1. The second kappa shape index (κ2) is 13.1. The molecule has 0 saturated heterocycles. The van der Waals surface area contributed by atoms with E-state index in [9.17, 15) is 20.0 Å². The molecule has 3 aliphatic rings. The maximum absolute atomic E-state index is 14.1. The van der Waals surface area contributed by atoms with E-state index >= 15 is 0 Å². The van der Waals surface area contributed by atoms with E-state index < -0.39 is 11.4 Å². The zero-order valence-electron chi connectivity index (χ0n) is 28.5. The molecule has 0 unspecified atom stereocenters. The molecule has 7 heteroatoms. The summed E-state index contributed by atoms with van der Waals surface area (Å²) in [5, 5.41) is 27.8. The van der Waals surface area contributed by atoms with Crippen LogP contribution in [0.4, 0.5) is 11.4 Å². The first-order chi connectivity index (χ1) is 22.4. The average Bonchev–Trinajstić information content (AvgIpc) is 3.41. The summed E-state index contributed by atoms with van der Waals surface area (Å²) in [6.45, 7) is 14.1. The first-order valence-corrected chi connectivity index (χ1v) is 16.8. The third-order valence-corrected chi connectivity index (χ3v) is 10.1. The van der Waals surface area contributed by atoms with E-state index in [1.165, 1.54) is 24.8 Å². The number of carbonyl (C=O) groups is 2. The number of nitrogens with zero attached hydrogens (tertiary/aromatic N) is 3. The summed E-state index contributed by atoms with van der Waals surface area (Å²) >= 11 is 0. The highest BCUT2D eigenvalue weighted by Gasteiger charge is 2.48. The summed E-state index contributed by atoms with van der Waals surface area (Å²) in [6, 6.07) is 15.6. The lowest BCUT2D eigenvalue weighted by atomic mass is 9.73. The Morgan fingerprint density at radius 1 is 0.979 bits per heavy atom. The molecule has 7 nitrogen and oxygen atoms in total. The number of likely N-dealkylation sites (N-methyl/N-ethyl adjacent to an activating group) is 1. The molecule has 0 fully saturated rings. The number of unbranched alkanes of at least 4 members (excludes halogenated alkanes) is 5. The molecule has 1 aliphatic carbocycles. The van der Waals surface area contributed by atoms with E-state index in [0.717, 1.165) is 54.2 Å². The Balaban J connectivity index is 1.64. The third-order valence-electron chi connectivity index (χ3n) is 10.1. The van der Waals surface area contributed by atoms with Crippen molar-refractivity contribution in [2.45, 2.75) is 90.9 Å². The number of hydrogen-bond acceptors (Lipinski definition) is 5. The number of benzene rings is 2. The summed E-state index contributed by atoms with van der Waals surface area (Å²) in [4.78, 5) is 28.3. The zero-order valence-corrected chi connectivity index (χ0v) is 28.5. The molecule has 0 aromatic heterocycles. The van der Waals surface area contributed by atoms with Crippen LogP contribution in [-0.4, -0.2) is 46.1 Å². The van der Waals surface area contributed by atoms with E-state index in [4.69, 9.17) is 5.41 Å². The number of Topliss-reactive ketones (excluding diaryl/α,β-unsaturated/α-hetero) is 1. The van der Waals surface area contributed by atoms with Gasteiger partial charge in [0.1, 0.15) is 18.2 Å². The molecule has 0 bridgehead atoms. The van der Waals surface area contributed by atoms with Crippen LogP contribution in [0.1, 0.15) is 102 Å². The van der Waals surface area contributed by atoms with Crippen LogP contribution < -0.4 is 4.90 Å². The number of fused-ring (bicyclic) bond motifs is 2. The topological polar surface area (TPSA) is 108 Å². The molecule has 5 rings (SSSR count). The molecule has 2 N–H and O–H groups in total. The van der Waals surface area contributed by atoms with Gasteiger partial charge in [0.15, 0.2) is 11.5 Å². The third kappa shape index (κ3) is 5.72. The molecular formula is C40H45N4O3+. The SMILES string of the molecule is CCCCCCCC[N+]1=C(/C=C2\C(=O)C(/C=C3/N(CC)c4ccccc4C3(C)C)=C2C(=C=N)C#N)C(C)(C)c2cc(C(=O)O)ccc21. The largest absolute Gasteiger partial charge is 0.478 e. The predicted octanol–water partition coefficient (Wildman–Crippen LogP) is 8.33. The molecule has 0 atom stereocenters. The lowest BCUT2D eigenvalue weighted by Gasteiger charge is -2.30. The van der Waals surface area contributed by atoms with Crippen LogP contribution in [-0.2, 0) is 15.6 Å². The molecule has 0 radical (unpaired) electrons. The quantitative estimate of drug-likeness (QED) is 0.0807. The molecule has 2 aromatic carbocycles. The van der Waals surface area contributed by atoms with Crippen LogP contribution in [0.25, 0.3) is 0 Å². The Labute approximate surface area is 278 Å². The lowest BCUT2D eigenvalue weighted by Crippen LogP contribution is -2.32. The zero-order chi connectivity index (χ0) is 34.1. The van der Waals surface area contributed by atoms with Gasteiger partial charge >= 0.3 is 5.97 Å². The standard InChI is InChI=1S/C40H44N4O3/c1-7-9-10-11-12-15-20-44-33-19-18-26(38(46)47)21-31(33)40(5,6)35(44)23-29-36(27(24-41)25-42)28(37(29)45)22-34-39(3,4)30-16-13-14-17-32(30)43(34)8-2/h13-14,16-19,21-23,41H,7-12,15,20H2,1-6H3/p+1. The molecular weight excluding hydrogens is 584 g/mol. The first kappa shape index (κ1) is 33.6. The van der Waals surface area contributed by atoms with Gasteiger partial charge in [-0.25, -0.2) is 4.79 Å². The van der Waals surface area contributed by atoms with Crippen molar-refractivity contribution in [3.8, 4) is 6.07 Å². The van der Waals surface area contributed by atoms with Crippen molar-refractivity contribution < 1.29 is 19.3 Å². The van der Waals surface area contributed by atoms with Crippen LogP contribution in [0.5, 0.6) is 0 Å². The summed E-state index contributed by atoms with van der Waals surface area (Å²) in [5.74, 6) is 1.14. The van der Waals surface area contributed by atoms with Gasteiger partial charge in [-0.1, -0.05) is 64.7 Å². The number of carbonyl (C=O) groups excluding carboxylic acids is 1. The Bertz CT molecular complexity index is 1870. The van der Waals surface area contributed by atoms with Gasteiger partial charge in [0.2, 0.25) is 5.69 Å². The van der Waals surface area contributed by atoms with Gasteiger partial charge in [-0.15, -0.1) is 0 Å².